The van der Waals surface area contributed by atoms with E-state index in [-0.39, 0.29) is 17.0 Å². The Labute approximate surface area is 185 Å². The Kier molecular flexibility index (Phi) is 5.48. The third kappa shape index (κ3) is 3.80. The van der Waals surface area contributed by atoms with E-state index < -0.39 is 5.82 Å². The lowest BCUT2D eigenvalue weighted by Crippen LogP contribution is -2.43. The van der Waals surface area contributed by atoms with Gasteiger partial charge in [0.05, 0.1) is 16.6 Å². The second-order valence-electron chi connectivity index (χ2n) is 8.72. The largest absolute Gasteiger partial charge is 0.338 e. The minimum atomic E-state index is -0.511. The number of rotatable bonds is 4. The quantitative estimate of drug-likeness (QED) is 0.657. The molecule has 7 nitrogen and oxygen atoms in total. The minimum absolute atomic E-state index is 0.0955. The summed E-state index contributed by atoms with van der Waals surface area (Å²) in [6.07, 6.45) is 1.32. The summed E-state index contributed by atoms with van der Waals surface area (Å²) < 4.78 is 14.7. The van der Waals surface area contributed by atoms with E-state index in [0.717, 1.165) is 30.5 Å². The Morgan fingerprint density at radius 1 is 1.16 bits per heavy atom. The molecule has 0 spiro atoms. The maximum absolute atomic E-state index is 14.7. The van der Waals surface area contributed by atoms with E-state index in [4.69, 9.17) is 0 Å². The van der Waals surface area contributed by atoms with Gasteiger partial charge in [-0.25, -0.2) is 14.5 Å². The van der Waals surface area contributed by atoms with Gasteiger partial charge in [-0.15, -0.1) is 0 Å². The lowest BCUT2D eigenvalue weighted by atomic mass is 9.88. The van der Waals surface area contributed by atoms with Crippen LogP contribution in [0.1, 0.15) is 28.0 Å². The molecule has 0 saturated carbocycles. The van der Waals surface area contributed by atoms with Gasteiger partial charge in [0.2, 0.25) is 0 Å². The molecule has 166 valence electrons. The Hall–Kier alpha value is -3.10. The molecule has 2 fully saturated rings. The predicted molar refractivity (Wildman–Crippen MR) is 120 cm³/mol. The van der Waals surface area contributed by atoms with Gasteiger partial charge in [-0.05, 0) is 49.1 Å². The Morgan fingerprint density at radius 2 is 1.94 bits per heavy atom. The maximum atomic E-state index is 14.7. The average Bonchev–Trinajstić information content (AvgIpc) is 3.24. The zero-order chi connectivity index (χ0) is 22.2. The first-order valence-electron chi connectivity index (χ1n) is 11.0. The van der Waals surface area contributed by atoms with E-state index in [1.165, 1.54) is 6.07 Å². The number of benzene rings is 2. The van der Waals surface area contributed by atoms with Crippen LogP contribution in [0.25, 0.3) is 10.8 Å². The van der Waals surface area contributed by atoms with Gasteiger partial charge in [0.15, 0.2) is 0 Å². The van der Waals surface area contributed by atoms with Crippen molar-refractivity contribution in [2.45, 2.75) is 12.8 Å². The van der Waals surface area contributed by atoms with Gasteiger partial charge in [-0.3, -0.25) is 15.0 Å². The second kappa shape index (κ2) is 8.44. The molecule has 3 heterocycles. The number of fused-ring (bicyclic) bond motifs is 2. The third-order valence-electron chi connectivity index (χ3n) is 6.81. The van der Waals surface area contributed by atoms with Gasteiger partial charge < -0.3 is 4.90 Å². The van der Waals surface area contributed by atoms with Crippen LogP contribution >= 0.6 is 0 Å². The van der Waals surface area contributed by atoms with Gasteiger partial charge >= 0.3 is 0 Å². The van der Waals surface area contributed by atoms with E-state index in [9.17, 15) is 14.0 Å². The normalized spacial score (nSPS) is 21.1. The fraction of sp³-hybridized carbons (Fsp3) is 0.375. The number of amides is 1. The lowest BCUT2D eigenvalue weighted by molar-refractivity contribution is 0.0637. The minimum Gasteiger partial charge on any atom is -0.338 e. The fourth-order valence-corrected chi connectivity index (χ4v) is 5.05. The molecular weight excluding hydrogens is 409 g/mol. The number of hydrogen-bond donors (Lipinski definition) is 2. The van der Waals surface area contributed by atoms with Crippen LogP contribution in [0, 0.1) is 17.7 Å². The van der Waals surface area contributed by atoms with Crippen molar-refractivity contribution < 1.29 is 9.18 Å². The smallest absolute Gasteiger partial charge is 0.272 e. The molecule has 0 aliphatic carbocycles. The highest BCUT2D eigenvalue weighted by Crippen LogP contribution is 2.31. The van der Waals surface area contributed by atoms with Crippen LogP contribution in [0.3, 0.4) is 0 Å². The van der Waals surface area contributed by atoms with Crippen LogP contribution in [0.5, 0.6) is 0 Å². The number of carbonyl (C=O) groups is 1. The molecule has 2 aromatic carbocycles. The van der Waals surface area contributed by atoms with Crippen molar-refractivity contribution in [3.8, 4) is 0 Å². The molecule has 2 aliphatic rings. The number of hydrogen-bond acceptors (Lipinski definition) is 5. The van der Waals surface area contributed by atoms with Gasteiger partial charge in [-0.1, -0.05) is 24.3 Å². The molecule has 0 bridgehead atoms. The number of carbonyl (C=O) groups excluding carboxylic acids is 1. The molecule has 5 rings (SSSR count). The van der Waals surface area contributed by atoms with E-state index in [1.54, 1.807) is 29.2 Å². The van der Waals surface area contributed by atoms with E-state index in [0.29, 0.717) is 42.4 Å². The number of piperidine rings is 1. The number of aromatic nitrogens is 2. The summed E-state index contributed by atoms with van der Waals surface area (Å²) in [4.78, 5) is 27.0. The summed E-state index contributed by atoms with van der Waals surface area (Å²) in [6.45, 7) is 3.19. The molecule has 2 saturated heterocycles. The standard InChI is InChI=1S/C24H26FN5O2/c1-26-30-13-16-8-9-29(12-17(16)14-30)24(32)20-10-15(6-7-21(20)25)11-22-18-4-2-3-5-19(18)23(31)28-27-22/h2-7,10,16-17,26H,8-9,11-14H2,1H3,(H,28,31). The second-order valence-corrected chi connectivity index (χ2v) is 8.72. The monoisotopic (exact) mass is 435 g/mol. The van der Waals surface area contributed by atoms with Crippen molar-refractivity contribution in [2.24, 2.45) is 11.8 Å². The van der Waals surface area contributed by atoms with Crippen molar-refractivity contribution in [1.82, 2.24) is 25.5 Å². The Bertz CT molecular complexity index is 1230. The first kappa shape index (κ1) is 20.8. The highest BCUT2D eigenvalue weighted by Gasteiger charge is 2.38. The third-order valence-corrected chi connectivity index (χ3v) is 6.81. The van der Waals surface area contributed by atoms with Crippen molar-refractivity contribution in [2.75, 3.05) is 33.2 Å². The van der Waals surface area contributed by atoms with Gasteiger partial charge in [0.1, 0.15) is 5.82 Å². The molecule has 2 N–H and O–H groups in total. The molecule has 0 radical (unpaired) electrons. The lowest BCUT2D eigenvalue weighted by Gasteiger charge is -2.34. The van der Waals surface area contributed by atoms with E-state index >= 15 is 0 Å². The van der Waals surface area contributed by atoms with Gasteiger partial charge in [0.25, 0.3) is 11.5 Å². The number of aromatic amines is 1. The SMILES string of the molecule is CNN1CC2CCN(C(=O)c3cc(Cc4n[nH]c(=O)c5ccccc45)ccc3F)CC2C1. The van der Waals surface area contributed by atoms with Crippen molar-refractivity contribution in [3.63, 3.8) is 0 Å². The highest BCUT2D eigenvalue weighted by molar-refractivity contribution is 5.95. The summed E-state index contributed by atoms with van der Waals surface area (Å²) >= 11 is 0. The number of hydrazine groups is 1. The molecule has 1 aromatic heterocycles. The van der Waals surface area contributed by atoms with Crippen molar-refractivity contribution in [1.29, 1.82) is 0 Å². The molecule has 8 heteroatoms. The van der Waals surface area contributed by atoms with Crippen molar-refractivity contribution >= 4 is 16.7 Å². The summed E-state index contributed by atoms with van der Waals surface area (Å²) in [5, 5.41) is 10.2. The summed E-state index contributed by atoms with van der Waals surface area (Å²) in [5.74, 6) is 0.207. The summed E-state index contributed by atoms with van der Waals surface area (Å²) in [7, 11) is 1.92. The Morgan fingerprint density at radius 3 is 2.75 bits per heavy atom. The zero-order valence-corrected chi connectivity index (χ0v) is 18.0. The molecule has 3 aromatic rings. The molecule has 2 unspecified atom stereocenters. The Balaban J connectivity index is 1.38. The number of halogens is 1. The van der Waals surface area contributed by atoms with Crippen LogP contribution in [0.15, 0.2) is 47.3 Å². The van der Waals surface area contributed by atoms with Crippen molar-refractivity contribution in [3.05, 3.63) is 75.5 Å². The topological polar surface area (TPSA) is 81.3 Å². The summed E-state index contributed by atoms with van der Waals surface area (Å²) in [6, 6.07) is 11.9. The fourth-order valence-electron chi connectivity index (χ4n) is 5.05. The van der Waals surface area contributed by atoms with Crippen LogP contribution in [-0.4, -0.2) is 59.2 Å². The van der Waals surface area contributed by atoms with Crippen LogP contribution < -0.4 is 11.0 Å². The molecule has 1 amide bonds. The van der Waals surface area contributed by atoms with E-state index in [1.807, 2.05) is 19.2 Å². The molecular formula is C24H26FN5O2. The number of nitrogens with one attached hydrogen (secondary N) is 2. The molecule has 32 heavy (non-hydrogen) atoms. The highest BCUT2D eigenvalue weighted by atomic mass is 19.1. The van der Waals surface area contributed by atoms with E-state index in [2.05, 4.69) is 20.6 Å². The van der Waals surface area contributed by atoms with Crippen LogP contribution in [0.2, 0.25) is 0 Å². The summed E-state index contributed by atoms with van der Waals surface area (Å²) in [5.41, 5.74) is 4.50. The number of H-pyrrole nitrogens is 1. The first-order valence-corrected chi connectivity index (χ1v) is 11.0. The maximum Gasteiger partial charge on any atom is 0.272 e. The van der Waals surface area contributed by atoms with Gasteiger partial charge in [0, 0.05) is 38.0 Å². The average molecular weight is 436 g/mol. The predicted octanol–water partition coefficient (Wildman–Crippen LogP) is 2.18. The molecule has 2 aliphatic heterocycles. The number of likely N-dealkylation sites (tertiary alicyclic amines) is 1. The van der Waals surface area contributed by atoms with Gasteiger partial charge in [-0.2, -0.15) is 5.10 Å². The molecule has 2 atom stereocenters. The van der Waals surface area contributed by atoms with Crippen LogP contribution in [-0.2, 0) is 6.42 Å². The zero-order valence-electron chi connectivity index (χ0n) is 18.0. The first-order chi connectivity index (χ1) is 15.5. The number of nitrogens with zero attached hydrogens (tertiary/aromatic N) is 3. The van der Waals surface area contributed by atoms with Crippen LogP contribution in [0.4, 0.5) is 4.39 Å².